The predicted octanol–water partition coefficient (Wildman–Crippen LogP) is 2.43. The Morgan fingerprint density at radius 3 is 2.62 bits per heavy atom. The molecule has 0 unspecified atom stereocenters. The van der Waals surface area contributed by atoms with Gasteiger partial charge in [0, 0.05) is 24.3 Å². The number of carbonyl (C=O) groups is 2. The van der Waals surface area contributed by atoms with Crippen molar-refractivity contribution in [3.8, 4) is 0 Å². The van der Waals surface area contributed by atoms with Gasteiger partial charge in [0.25, 0.3) is 0 Å². The molecule has 1 aromatic carbocycles. The number of anilines is 1. The number of benzene rings is 1. The average Bonchev–Trinajstić information content (AvgIpc) is 3.44. The van der Waals surface area contributed by atoms with Crippen LogP contribution in [0.15, 0.2) is 48.7 Å². The number of pyridine rings is 1. The molecule has 0 atom stereocenters. The highest BCUT2D eigenvalue weighted by atomic mass is 16.2. The van der Waals surface area contributed by atoms with Crippen molar-refractivity contribution < 1.29 is 9.59 Å². The van der Waals surface area contributed by atoms with E-state index in [2.05, 4.69) is 20.9 Å². The predicted molar refractivity (Wildman–Crippen MR) is 91.1 cm³/mol. The summed E-state index contributed by atoms with van der Waals surface area (Å²) in [5.74, 6) is 0.248. The maximum Gasteiger partial charge on any atom is 0.315 e. The lowest BCUT2D eigenvalue weighted by atomic mass is 10.2. The number of nitrogens with zero attached hydrogens (tertiary/aromatic N) is 1. The maximum atomic E-state index is 11.8. The van der Waals surface area contributed by atoms with Crippen molar-refractivity contribution >= 4 is 17.6 Å². The Labute approximate surface area is 140 Å². The van der Waals surface area contributed by atoms with Gasteiger partial charge in [-0.1, -0.05) is 18.2 Å². The third-order valence-electron chi connectivity index (χ3n) is 3.75. The number of hydrogen-bond acceptors (Lipinski definition) is 3. The summed E-state index contributed by atoms with van der Waals surface area (Å²) in [7, 11) is 0. The second-order valence-corrected chi connectivity index (χ2v) is 5.82. The van der Waals surface area contributed by atoms with Crippen LogP contribution in [-0.4, -0.2) is 16.9 Å². The van der Waals surface area contributed by atoms with Crippen LogP contribution in [0.1, 0.15) is 24.1 Å². The minimum absolute atomic E-state index is 0.0770. The Balaban J connectivity index is 1.45. The summed E-state index contributed by atoms with van der Waals surface area (Å²) < 4.78 is 0. The van der Waals surface area contributed by atoms with Crippen LogP contribution in [0.5, 0.6) is 0 Å². The highest BCUT2D eigenvalue weighted by Crippen LogP contribution is 2.30. The summed E-state index contributed by atoms with van der Waals surface area (Å²) in [6.07, 6.45) is 3.64. The zero-order valence-electron chi connectivity index (χ0n) is 13.3. The average molecular weight is 324 g/mol. The van der Waals surface area contributed by atoms with Gasteiger partial charge >= 0.3 is 6.03 Å². The lowest BCUT2D eigenvalue weighted by Gasteiger charge is -2.09. The van der Waals surface area contributed by atoms with Gasteiger partial charge in [-0.3, -0.25) is 9.78 Å². The molecule has 0 spiro atoms. The van der Waals surface area contributed by atoms with E-state index >= 15 is 0 Å². The van der Waals surface area contributed by atoms with Gasteiger partial charge in [-0.05, 0) is 42.7 Å². The Morgan fingerprint density at radius 2 is 1.88 bits per heavy atom. The number of rotatable bonds is 6. The van der Waals surface area contributed by atoms with Crippen molar-refractivity contribution in [3.63, 3.8) is 0 Å². The van der Waals surface area contributed by atoms with Gasteiger partial charge in [-0.15, -0.1) is 0 Å². The fourth-order valence-corrected chi connectivity index (χ4v) is 2.27. The second-order valence-electron chi connectivity index (χ2n) is 5.82. The molecule has 1 aliphatic rings. The number of hydrogen-bond donors (Lipinski definition) is 3. The molecule has 0 aliphatic heterocycles. The first-order valence-electron chi connectivity index (χ1n) is 8.02. The van der Waals surface area contributed by atoms with E-state index in [9.17, 15) is 9.59 Å². The van der Waals surface area contributed by atoms with E-state index in [1.807, 2.05) is 42.5 Å². The first-order chi connectivity index (χ1) is 11.7. The summed E-state index contributed by atoms with van der Waals surface area (Å²) in [5.41, 5.74) is 2.49. The number of carbonyl (C=O) groups excluding carboxylic acids is 2. The largest absolute Gasteiger partial charge is 0.334 e. The zero-order chi connectivity index (χ0) is 16.8. The normalized spacial score (nSPS) is 13.2. The third-order valence-corrected chi connectivity index (χ3v) is 3.75. The lowest BCUT2D eigenvalue weighted by molar-refractivity contribution is -0.117. The van der Waals surface area contributed by atoms with Gasteiger partial charge in [0.1, 0.15) is 0 Å². The molecule has 3 rings (SSSR count). The van der Waals surface area contributed by atoms with Gasteiger partial charge in [-0.25, -0.2) is 4.79 Å². The molecule has 3 amide bonds. The van der Waals surface area contributed by atoms with Gasteiger partial charge in [-0.2, -0.15) is 0 Å². The molecule has 1 aromatic heterocycles. The standard InChI is InChI=1S/C18H20N4O2/c23-17(14-7-8-14)22-15-6-3-4-13(10-15)11-20-18(24)21-12-16-5-1-2-9-19-16/h1-6,9-10,14H,7-8,11-12H2,(H,22,23)(H2,20,21,24). The van der Waals surface area contributed by atoms with E-state index in [0.29, 0.717) is 13.1 Å². The molecule has 1 saturated carbocycles. The molecule has 24 heavy (non-hydrogen) atoms. The Bertz CT molecular complexity index is 714. The summed E-state index contributed by atoms with van der Waals surface area (Å²) in [5, 5.41) is 8.45. The van der Waals surface area contributed by atoms with Crippen LogP contribution in [0.25, 0.3) is 0 Å². The first-order valence-corrected chi connectivity index (χ1v) is 8.02. The molecule has 124 valence electrons. The highest BCUT2D eigenvalue weighted by Gasteiger charge is 2.29. The summed E-state index contributed by atoms with van der Waals surface area (Å²) in [4.78, 5) is 27.8. The quantitative estimate of drug-likeness (QED) is 0.763. The van der Waals surface area contributed by atoms with E-state index in [4.69, 9.17) is 0 Å². The lowest BCUT2D eigenvalue weighted by Crippen LogP contribution is -2.34. The van der Waals surface area contributed by atoms with E-state index in [-0.39, 0.29) is 17.9 Å². The highest BCUT2D eigenvalue weighted by molar-refractivity contribution is 5.94. The van der Waals surface area contributed by atoms with Crippen LogP contribution >= 0.6 is 0 Å². The monoisotopic (exact) mass is 324 g/mol. The van der Waals surface area contributed by atoms with Crippen molar-refractivity contribution in [1.82, 2.24) is 15.6 Å². The molecule has 0 radical (unpaired) electrons. The van der Waals surface area contributed by atoms with Gasteiger partial charge in [0.05, 0.1) is 12.2 Å². The molecular weight excluding hydrogens is 304 g/mol. The number of urea groups is 1. The van der Waals surface area contributed by atoms with Crippen molar-refractivity contribution in [1.29, 1.82) is 0 Å². The van der Waals surface area contributed by atoms with Crippen LogP contribution in [0, 0.1) is 5.92 Å². The topological polar surface area (TPSA) is 83.1 Å². The third kappa shape index (κ3) is 4.81. The molecule has 3 N–H and O–H groups in total. The second kappa shape index (κ2) is 7.59. The minimum Gasteiger partial charge on any atom is -0.334 e. The summed E-state index contributed by atoms with van der Waals surface area (Å²) in [6, 6.07) is 12.8. The smallest absolute Gasteiger partial charge is 0.315 e. The SMILES string of the molecule is O=C(NCc1cccc(NC(=O)C2CC2)c1)NCc1ccccn1. The maximum absolute atomic E-state index is 11.8. The molecular formula is C18H20N4O2. The van der Waals surface area contributed by atoms with Crippen LogP contribution < -0.4 is 16.0 Å². The van der Waals surface area contributed by atoms with Gasteiger partial charge in [0.2, 0.25) is 5.91 Å². The van der Waals surface area contributed by atoms with Crippen molar-refractivity contribution in [2.75, 3.05) is 5.32 Å². The van der Waals surface area contributed by atoms with Gasteiger partial charge in [0.15, 0.2) is 0 Å². The van der Waals surface area contributed by atoms with Crippen molar-refractivity contribution in [2.24, 2.45) is 5.92 Å². The zero-order valence-corrected chi connectivity index (χ0v) is 13.3. The molecule has 0 saturated heterocycles. The minimum atomic E-state index is -0.256. The van der Waals surface area contributed by atoms with E-state index in [1.54, 1.807) is 6.20 Å². The van der Waals surface area contributed by atoms with Gasteiger partial charge < -0.3 is 16.0 Å². The van der Waals surface area contributed by atoms with Crippen molar-refractivity contribution in [3.05, 3.63) is 59.9 Å². The van der Waals surface area contributed by atoms with E-state index in [1.165, 1.54) is 0 Å². The molecule has 6 nitrogen and oxygen atoms in total. The fraction of sp³-hybridized carbons (Fsp3) is 0.278. The first kappa shape index (κ1) is 16.0. The molecule has 0 bridgehead atoms. The Morgan fingerprint density at radius 1 is 1.04 bits per heavy atom. The van der Waals surface area contributed by atoms with Crippen LogP contribution in [0.4, 0.5) is 10.5 Å². The van der Waals surface area contributed by atoms with Crippen LogP contribution in [0.2, 0.25) is 0 Å². The number of amides is 3. The number of aromatic nitrogens is 1. The Hall–Kier alpha value is -2.89. The molecule has 2 aromatic rings. The molecule has 1 fully saturated rings. The number of nitrogens with one attached hydrogen (secondary N) is 3. The molecule has 1 heterocycles. The Kier molecular flexibility index (Phi) is 5.05. The van der Waals surface area contributed by atoms with Crippen LogP contribution in [0.3, 0.4) is 0 Å². The van der Waals surface area contributed by atoms with Crippen LogP contribution in [-0.2, 0) is 17.9 Å². The van der Waals surface area contributed by atoms with Crippen molar-refractivity contribution in [2.45, 2.75) is 25.9 Å². The van der Waals surface area contributed by atoms with E-state index < -0.39 is 0 Å². The molecule has 6 heteroatoms. The molecule has 1 aliphatic carbocycles. The fourth-order valence-electron chi connectivity index (χ4n) is 2.27. The summed E-state index contributed by atoms with van der Waals surface area (Å²) in [6.45, 7) is 0.769. The van der Waals surface area contributed by atoms with E-state index in [0.717, 1.165) is 29.8 Å². The summed E-state index contributed by atoms with van der Waals surface area (Å²) >= 11 is 0.